The molecule has 0 aliphatic carbocycles. The van der Waals surface area contributed by atoms with Gasteiger partial charge in [-0.25, -0.2) is 14.7 Å². The third-order valence-electron chi connectivity index (χ3n) is 2.40. The van der Waals surface area contributed by atoms with Gasteiger partial charge in [0.15, 0.2) is 5.58 Å². The number of benzene rings is 1. The van der Waals surface area contributed by atoms with E-state index in [2.05, 4.69) is 4.98 Å². The number of carbonyl (C=O) groups excluding carboxylic acids is 1. The first kappa shape index (κ1) is 12.1. The second kappa shape index (κ2) is 4.87. The summed E-state index contributed by atoms with van der Waals surface area (Å²) in [5.41, 5.74) is 0.991. The highest BCUT2D eigenvalue weighted by molar-refractivity contribution is 6.00. The number of imide groups is 1. The number of carbonyl (C=O) groups is 2. The molecule has 1 N–H and O–H groups in total. The van der Waals surface area contributed by atoms with Gasteiger partial charge < -0.3 is 9.52 Å². The molecule has 1 aromatic heterocycles. The van der Waals surface area contributed by atoms with Crippen molar-refractivity contribution in [2.24, 2.45) is 0 Å². The van der Waals surface area contributed by atoms with Gasteiger partial charge in [0, 0.05) is 6.54 Å². The Labute approximate surface area is 103 Å². The summed E-state index contributed by atoms with van der Waals surface area (Å²) in [5.74, 6) is -0.937. The van der Waals surface area contributed by atoms with E-state index in [0.29, 0.717) is 22.4 Å². The van der Waals surface area contributed by atoms with Crippen LogP contribution in [0.4, 0.5) is 4.79 Å². The number of rotatable bonds is 3. The molecule has 0 unspecified atom stereocenters. The van der Waals surface area contributed by atoms with Crippen LogP contribution in [0.15, 0.2) is 28.7 Å². The van der Waals surface area contributed by atoms with Gasteiger partial charge in [-0.15, -0.1) is 0 Å². The Hall–Kier alpha value is -2.37. The zero-order chi connectivity index (χ0) is 13.1. The zero-order valence-electron chi connectivity index (χ0n) is 9.79. The minimum absolute atomic E-state index is 0.118. The van der Waals surface area contributed by atoms with Crippen LogP contribution in [-0.4, -0.2) is 33.5 Å². The largest absolute Gasteiger partial charge is 0.465 e. The van der Waals surface area contributed by atoms with Crippen molar-refractivity contribution in [1.29, 1.82) is 0 Å². The summed E-state index contributed by atoms with van der Waals surface area (Å²) in [6, 6.07) is 6.88. The summed E-state index contributed by atoms with van der Waals surface area (Å²) in [6.07, 6.45) is -0.762. The molecule has 0 aliphatic rings. The quantitative estimate of drug-likeness (QED) is 0.901. The van der Waals surface area contributed by atoms with Crippen LogP contribution < -0.4 is 0 Å². The molecule has 2 rings (SSSR count). The molecule has 18 heavy (non-hydrogen) atoms. The molecule has 0 aliphatic heterocycles. The Bertz CT molecular complexity index is 558. The molecule has 0 atom stereocenters. The van der Waals surface area contributed by atoms with Gasteiger partial charge in [0.25, 0.3) is 5.89 Å². The van der Waals surface area contributed by atoms with Crippen molar-refractivity contribution in [1.82, 2.24) is 9.88 Å². The van der Waals surface area contributed by atoms with Gasteiger partial charge >= 0.3 is 12.0 Å². The highest BCUT2D eigenvalue weighted by Crippen LogP contribution is 2.16. The molecule has 0 saturated heterocycles. The van der Waals surface area contributed by atoms with Crippen molar-refractivity contribution in [3.8, 4) is 0 Å². The lowest BCUT2D eigenvalue weighted by atomic mass is 10.3. The lowest BCUT2D eigenvalue weighted by molar-refractivity contribution is 0.0706. The molecule has 94 valence electrons. The molecule has 0 saturated carbocycles. The van der Waals surface area contributed by atoms with Crippen molar-refractivity contribution >= 4 is 23.1 Å². The SMILES string of the molecule is CCCN(C(=O)O)C(=O)c1nc2ccccc2o1. The number of aromatic nitrogens is 1. The van der Waals surface area contributed by atoms with Crippen molar-refractivity contribution in [2.45, 2.75) is 13.3 Å². The second-order valence-corrected chi connectivity index (χ2v) is 3.73. The van der Waals surface area contributed by atoms with Crippen molar-refractivity contribution in [3.63, 3.8) is 0 Å². The van der Waals surface area contributed by atoms with Crippen molar-refractivity contribution in [3.05, 3.63) is 30.2 Å². The molecule has 2 aromatic rings. The Morgan fingerprint density at radius 1 is 1.39 bits per heavy atom. The summed E-state index contributed by atoms with van der Waals surface area (Å²) in [5, 5.41) is 8.95. The molecule has 6 nitrogen and oxygen atoms in total. The zero-order valence-corrected chi connectivity index (χ0v) is 9.79. The number of amides is 2. The Balaban J connectivity index is 2.34. The number of hydrogen-bond donors (Lipinski definition) is 1. The summed E-state index contributed by atoms with van der Waals surface area (Å²) in [7, 11) is 0. The van der Waals surface area contributed by atoms with Crippen LogP contribution in [0.1, 0.15) is 24.0 Å². The maximum Gasteiger partial charge on any atom is 0.414 e. The molecular formula is C12H12N2O4. The van der Waals surface area contributed by atoms with Crippen LogP contribution in [0.25, 0.3) is 11.1 Å². The normalized spacial score (nSPS) is 10.5. The molecule has 2 amide bonds. The topological polar surface area (TPSA) is 83.6 Å². The van der Waals surface area contributed by atoms with Gasteiger partial charge in [-0.05, 0) is 18.6 Å². The first-order chi connectivity index (χ1) is 8.63. The highest BCUT2D eigenvalue weighted by atomic mass is 16.4. The number of carboxylic acid groups (broad SMARTS) is 1. The lowest BCUT2D eigenvalue weighted by Crippen LogP contribution is -2.36. The van der Waals surface area contributed by atoms with Gasteiger partial charge in [0.05, 0.1) is 0 Å². The second-order valence-electron chi connectivity index (χ2n) is 3.73. The minimum Gasteiger partial charge on any atom is -0.465 e. The third-order valence-corrected chi connectivity index (χ3v) is 2.40. The van der Waals surface area contributed by atoms with Crippen LogP contribution in [-0.2, 0) is 0 Å². The maximum atomic E-state index is 11.9. The average molecular weight is 248 g/mol. The number of hydrogen-bond acceptors (Lipinski definition) is 4. The van der Waals surface area contributed by atoms with Gasteiger partial charge in [0.2, 0.25) is 0 Å². The Kier molecular flexibility index (Phi) is 3.27. The first-order valence-electron chi connectivity index (χ1n) is 5.54. The fourth-order valence-corrected chi connectivity index (χ4v) is 1.59. The van der Waals surface area contributed by atoms with E-state index in [1.54, 1.807) is 31.2 Å². The lowest BCUT2D eigenvalue weighted by Gasteiger charge is -2.13. The van der Waals surface area contributed by atoms with E-state index in [1.807, 2.05) is 0 Å². The van der Waals surface area contributed by atoms with Crippen molar-refractivity contribution in [2.75, 3.05) is 6.54 Å². The molecule has 0 spiro atoms. The molecule has 1 aromatic carbocycles. The van der Waals surface area contributed by atoms with Crippen LogP contribution in [0.3, 0.4) is 0 Å². The summed E-state index contributed by atoms with van der Waals surface area (Å²) < 4.78 is 5.24. The predicted octanol–water partition coefficient (Wildman–Crippen LogP) is 2.36. The fourth-order valence-electron chi connectivity index (χ4n) is 1.59. The summed E-state index contributed by atoms with van der Waals surface area (Å²) in [6.45, 7) is 1.90. The van der Waals surface area contributed by atoms with E-state index >= 15 is 0 Å². The van der Waals surface area contributed by atoms with Crippen LogP contribution in [0, 0.1) is 0 Å². The molecular weight excluding hydrogens is 236 g/mol. The molecule has 1 heterocycles. The van der Waals surface area contributed by atoms with Gasteiger partial charge in [-0.3, -0.25) is 4.79 Å². The van der Waals surface area contributed by atoms with Crippen LogP contribution >= 0.6 is 0 Å². The fraction of sp³-hybridized carbons (Fsp3) is 0.250. The minimum atomic E-state index is -1.30. The summed E-state index contributed by atoms with van der Waals surface area (Å²) in [4.78, 5) is 27.6. The number of nitrogens with zero attached hydrogens (tertiary/aromatic N) is 2. The van der Waals surface area contributed by atoms with Crippen LogP contribution in [0.2, 0.25) is 0 Å². The standard InChI is InChI=1S/C12H12N2O4/c1-2-7-14(12(16)17)11(15)10-13-8-5-3-4-6-9(8)18-10/h3-6H,2,7H2,1H3,(H,16,17). The predicted molar refractivity (Wildman–Crippen MR) is 63.4 cm³/mol. The van der Waals surface area contributed by atoms with E-state index in [4.69, 9.17) is 9.52 Å². The van der Waals surface area contributed by atoms with E-state index in [0.717, 1.165) is 0 Å². The highest BCUT2D eigenvalue weighted by Gasteiger charge is 2.25. The third kappa shape index (κ3) is 2.17. The number of fused-ring (bicyclic) bond motifs is 1. The van der Waals surface area contributed by atoms with Gasteiger partial charge in [-0.1, -0.05) is 19.1 Å². The monoisotopic (exact) mass is 248 g/mol. The van der Waals surface area contributed by atoms with E-state index in [9.17, 15) is 9.59 Å². The van der Waals surface area contributed by atoms with Crippen molar-refractivity contribution < 1.29 is 19.1 Å². The molecule has 0 radical (unpaired) electrons. The van der Waals surface area contributed by atoms with E-state index < -0.39 is 12.0 Å². The van der Waals surface area contributed by atoms with Gasteiger partial charge in [-0.2, -0.15) is 0 Å². The molecule has 6 heteroatoms. The molecule has 0 fully saturated rings. The van der Waals surface area contributed by atoms with Gasteiger partial charge in [0.1, 0.15) is 5.52 Å². The average Bonchev–Trinajstić information content (AvgIpc) is 2.78. The maximum absolute atomic E-state index is 11.9. The summed E-state index contributed by atoms with van der Waals surface area (Å²) >= 11 is 0. The first-order valence-corrected chi connectivity index (χ1v) is 5.54. The Morgan fingerprint density at radius 3 is 2.72 bits per heavy atom. The van der Waals surface area contributed by atoms with Crippen LogP contribution in [0.5, 0.6) is 0 Å². The van der Waals surface area contributed by atoms with E-state index in [1.165, 1.54) is 0 Å². The Morgan fingerprint density at radius 2 is 2.11 bits per heavy atom. The number of oxazole rings is 1. The number of para-hydroxylation sites is 2. The smallest absolute Gasteiger partial charge is 0.414 e. The van der Waals surface area contributed by atoms with E-state index in [-0.39, 0.29) is 12.4 Å². The molecule has 0 bridgehead atoms.